The molecule has 0 saturated heterocycles. The van der Waals surface area contributed by atoms with Crippen molar-refractivity contribution in [2.45, 2.75) is 46.0 Å². The molecule has 1 aliphatic rings. The summed E-state index contributed by atoms with van der Waals surface area (Å²) < 4.78 is 38.9. The van der Waals surface area contributed by atoms with Crippen LogP contribution in [-0.4, -0.2) is 25.1 Å². The first-order valence-electron chi connectivity index (χ1n) is 11.9. The SMILES string of the molecule is CC[C@@H](C)CNCC1N=C(Nc2ccc(C(F)(F)F)cc2)c2ccc(C/C(C)=C\C=C/N)cc2N1. The maximum absolute atomic E-state index is 13.0. The summed E-state index contributed by atoms with van der Waals surface area (Å²) >= 11 is 0. The predicted octanol–water partition coefficient (Wildman–Crippen LogP) is 5.91. The number of halogens is 3. The first-order valence-corrected chi connectivity index (χ1v) is 11.9. The summed E-state index contributed by atoms with van der Waals surface area (Å²) in [6.45, 7) is 7.92. The Bertz CT molecular complexity index is 1070. The van der Waals surface area contributed by atoms with Crippen LogP contribution in [0.5, 0.6) is 0 Å². The van der Waals surface area contributed by atoms with Gasteiger partial charge in [-0.2, -0.15) is 13.2 Å². The van der Waals surface area contributed by atoms with E-state index < -0.39 is 11.7 Å². The Hall–Kier alpha value is -3.26. The van der Waals surface area contributed by atoms with Gasteiger partial charge in [0, 0.05) is 23.5 Å². The maximum Gasteiger partial charge on any atom is 0.416 e. The highest BCUT2D eigenvalue weighted by molar-refractivity contribution is 6.12. The summed E-state index contributed by atoms with van der Waals surface area (Å²) in [5.41, 5.74) is 9.42. The Balaban J connectivity index is 1.84. The maximum atomic E-state index is 13.0. The van der Waals surface area contributed by atoms with Gasteiger partial charge in [-0.15, -0.1) is 0 Å². The molecular formula is C27H34F3N5. The minimum Gasteiger partial charge on any atom is -0.405 e. The second-order valence-electron chi connectivity index (χ2n) is 8.96. The Morgan fingerprint density at radius 3 is 2.60 bits per heavy atom. The van der Waals surface area contributed by atoms with Gasteiger partial charge in [0.15, 0.2) is 0 Å². The summed E-state index contributed by atoms with van der Waals surface area (Å²) in [4.78, 5) is 4.82. The van der Waals surface area contributed by atoms with E-state index in [0.29, 0.717) is 24.0 Å². The molecule has 5 N–H and O–H groups in total. The number of aliphatic imine (C=N–C) groups is 1. The Morgan fingerprint density at radius 1 is 1.20 bits per heavy atom. The Morgan fingerprint density at radius 2 is 1.94 bits per heavy atom. The van der Waals surface area contributed by atoms with E-state index in [1.165, 1.54) is 23.9 Å². The number of amidine groups is 1. The zero-order valence-electron chi connectivity index (χ0n) is 20.4. The van der Waals surface area contributed by atoms with Crippen LogP contribution in [0, 0.1) is 5.92 Å². The van der Waals surface area contributed by atoms with Crippen LogP contribution in [0.2, 0.25) is 0 Å². The summed E-state index contributed by atoms with van der Waals surface area (Å²) in [6.07, 6.45) is 2.58. The highest BCUT2D eigenvalue weighted by atomic mass is 19.4. The first kappa shape index (κ1) is 26.3. The molecule has 0 aromatic heterocycles. The second-order valence-corrected chi connectivity index (χ2v) is 8.96. The molecule has 8 heteroatoms. The van der Waals surface area contributed by atoms with Crippen molar-refractivity contribution in [1.82, 2.24) is 5.32 Å². The molecule has 188 valence electrons. The number of allylic oxidation sites excluding steroid dienone is 3. The highest BCUT2D eigenvalue weighted by Crippen LogP contribution is 2.31. The molecule has 3 rings (SSSR count). The number of nitrogens with two attached hydrogens (primary N) is 1. The highest BCUT2D eigenvalue weighted by Gasteiger charge is 2.30. The largest absolute Gasteiger partial charge is 0.416 e. The molecule has 2 atom stereocenters. The third kappa shape index (κ3) is 7.62. The van der Waals surface area contributed by atoms with Gasteiger partial charge in [-0.3, -0.25) is 0 Å². The third-order valence-corrected chi connectivity index (χ3v) is 5.92. The molecule has 5 nitrogen and oxygen atoms in total. The van der Waals surface area contributed by atoms with Crippen LogP contribution in [0.3, 0.4) is 0 Å². The van der Waals surface area contributed by atoms with Gasteiger partial charge < -0.3 is 21.7 Å². The molecule has 0 fully saturated rings. The molecule has 0 aliphatic carbocycles. The number of hydrogen-bond acceptors (Lipinski definition) is 5. The van der Waals surface area contributed by atoms with Crippen molar-refractivity contribution < 1.29 is 13.2 Å². The minimum absolute atomic E-state index is 0.212. The van der Waals surface area contributed by atoms with E-state index in [1.54, 1.807) is 0 Å². The van der Waals surface area contributed by atoms with Crippen LogP contribution < -0.4 is 21.7 Å². The zero-order valence-corrected chi connectivity index (χ0v) is 20.4. The van der Waals surface area contributed by atoms with Crippen LogP contribution in [0.25, 0.3) is 0 Å². The van der Waals surface area contributed by atoms with E-state index in [9.17, 15) is 13.2 Å². The van der Waals surface area contributed by atoms with Gasteiger partial charge in [-0.05, 0) is 80.0 Å². The monoisotopic (exact) mass is 485 g/mol. The van der Waals surface area contributed by atoms with Gasteiger partial charge in [0.1, 0.15) is 12.0 Å². The van der Waals surface area contributed by atoms with Crippen LogP contribution in [0.1, 0.15) is 43.9 Å². The fourth-order valence-electron chi connectivity index (χ4n) is 3.75. The number of fused-ring (bicyclic) bond motifs is 1. The lowest BCUT2D eigenvalue weighted by molar-refractivity contribution is -0.137. The van der Waals surface area contributed by atoms with E-state index in [2.05, 4.69) is 35.9 Å². The van der Waals surface area contributed by atoms with Crippen molar-refractivity contribution in [3.8, 4) is 0 Å². The van der Waals surface area contributed by atoms with Crippen molar-refractivity contribution in [1.29, 1.82) is 0 Å². The molecule has 2 aromatic rings. The lowest BCUT2D eigenvalue weighted by atomic mass is 10.0. The predicted molar refractivity (Wildman–Crippen MR) is 139 cm³/mol. The number of hydrogen-bond donors (Lipinski definition) is 4. The van der Waals surface area contributed by atoms with Crippen molar-refractivity contribution >= 4 is 17.2 Å². The van der Waals surface area contributed by atoms with E-state index in [4.69, 9.17) is 10.7 Å². The summed E-state index contributed by atoms with van der Waals surface area (Å²) in [5, 5.41) is 10.2. The topological polar surface area (TPSA) is 74.5 Å². The van der Waals surface area contributed by atoms with Crippen LogP contribution >= 0.6 is 0 Å². The fraction of sp³-hybridized carbons (Fsp3) is 0.370. The van der Waals surface area contributed by atoms with Gasteiger partial charge >= 0.3 is 6.18 Å². The van der Waals surface area contributed by atoms with E-state index in [0.717, 1.165) is 48.3 Å². The average molecular weight is 486 g/mol. The van der Waals surface area contributed by atoms with Gasteiger partial charge in [-0.1, -0.05) is 38.0 Å². The van der Waals surface area contributed by atoms with Crippen molar-refractivity contribution in [2.75, 3.05) is 23.7 Å². The number of rotatable bonds is 9. The Kier molecular flexibility index (Phi) is 8.98. The van der Waals surface area contributed by atoms with Crippen molar-refractivity contribution in [3.05, 3.63) is 83.1 Å². The lowest BCUT2D eigenvalue weighted by Gasteiger charge is -2.27. The smallest absolute Gasteiger partial charge is 0.405 e. The van der Waals surface area contributed by atoms with Gasteiger partial charge in [0.25, 0.3) is 0 Å². The van der Waals surface area contributed by atoms with Gasteiger partial charge in [-0.25, -0.2) is 4.99 Å². The minimum atomic E-state index is -4.37. The molecule has 0 bridgehead atoms. The number of nitrogens with zero attached hydrogens (tertiary/aromatic N) is 1. The molecule has 0 spiro atoms. The van der Waals surface area contributed by atoms with Gasteiger partial charge in [0.05, 0.1) is 5.56 Å². The second kappa shape index (κ2) is 11.9. The third-order valence-electron chi connectivity index (χ3n) is 5.92. The van der Waals surface area contributed by atoms with E-state index in [1.807, 2.05) is 31.2 Å². The van der Waals surface area contributed by atoms with E-state index in [-0.39, 0.29) is 6.17 Å². The number of alkyl halides is 3. The molecule has 0 radical (unpaired) electrons. The van der Waals surface area contributed by atoms with Crippen LogP contribution in [-0.2, 0) is 12.6 Å². The normalized spacial score (nSPS) is 17.0. The van der Waals surface area contributed by atoms with Crippen LogP contribution in [0.4, 0.5) is 24.5 Å². The quantitative estimate of drug-likeness (QED) is 0.333. The molecule has 2 aromatic carbocycles. The Labute approximate surface area is 205 Å². The lowest BCUT2D eigenvalue weighted by Crippen LogP contribution is -2.38. The summed E-state index contributed by atoms with van der Waals surface area (Å²) in [7, 11) is 0. The molecule has 0 saturated carbocycles. The molecule has 1 heterocycles. The number of benzene rings is 2. The summed E-state index contributed by atoms with van der Waals surface area (Å²) in [6, 6.07) is 11.1. The average Bonchev–Trinajstić information content (AvgIpc) is 2.82. The zero-order chi connectivity index (χ0) is 25.4. The molecular weight excluding hydrogens is 451 g/mol. The molecule has 1 unspecified atom stereocenters. The van der Waals surface area contributed by atoms with Crippen LogP contribution in [0.15, 0.2) is 71.4 Å². The number of anilines is 2. The van der Waals surface area contributed by atoms with Crippen molar-refractivity contribution in [2.24, 2.45) is 16.6 Å². The molecule has 1 aliphatic heterocycles. The van der Waals surface area contributed by atoms with Gasteiger partial charge in [0.2, 0.25) is 0 Å². The van der Waals surface area contributed by atoms with Crippen molar-refractivity contribution in [3.63, 3.8) is 0 Å². The fourth-order valence-corrected chi connectivity index (χ4v) is 3.75. The summed E-state index contributed by atoms with van der Waals surface area (Å²) in [5.74, 6) is 1.18. The molecule has 35 heavy (non-hydrogen) atoms. The molecule has 0 amide bonds. The first-order chi connectivity index (χ1) is 16.7. The standard InChI is InChI=1S/C27H34F3N5/c1-4-18(2)16-32-17-25-34-24-15-20(14-19(3)6-5-13-31)7-12-23(24)26(35-25)33-22-10-8-21(9-11-22)27(28,29)30/h5-13,15,18,25,32,34H,4,14,16-17,31H2,1-3H3,(H,33,35)/b13-5-,19-6-/t18-,25?/m1/s1. The van der Waals surface area contributed by atoms with E-state index >= 15 is 0 Å². The number of nitrogens with one attached hydrogen (secondary N) is 3.